The Morgan fingerprint density at radius 2 is 1.52 bits per heavy atom. The molecule has 0 fully saturated rings. The first-order valence-corrected chi connectivity index (χ1v) is 9.74. The minimum absolute atomic E-state index is 0.0283. The molecule has 29 heavy (non-hydrogen) atoms. The first-order chi connectivity index (χ1) is 13.7. The molecular weight excluding hydrogens is 364 g/mol. The monoisotopic (exact) mass is 390 g/mol. The molecule has 2 amide bonds. The lowest BCUT2D eigenvalue weighted by molar-refractivity contribution is 0.0652. The summed E-state index contributed by atoms with van der Waals surface area (Å²) in [6, 6.07) is 14.3. The van der Waals surface area contributed by atoms with Crippen molar-refractivity contribution in [3.63, 3.8) is 0 Å². The van der Waals surface area contributed by atoms with Crippen LogP contribution in [-0.4, -0.2) is 29.0 Å². The average molecular weight is 390 g/mol. The van der Waals surface area contributed by atoms with Crippen LogP contribution in [-0.2, 0) is 5.41 Å². The number of imide groups is 1. The van der Waals surface area contributed by atoms with E-state index in [-0.39, 0.29) is 29.6 Å². The topological polar surface area (TPSA) is 80.5 Å². The van der Waals surface area contributed by atoms with Crippen LogP contribution in [0, 0.1) is 0 Å². The van der Waals surface area contributed by atoms with Gasteiger partial charge in [-0.25, -0.2) is 0 Å². The van der Waals surface area contributed by atoms with E-state index >= 15 is 0 Å². The van der Waals surface area contributed by atoms with Crippen LogP contribution in [0.5, 0.6) is 0 Å². The van der Waals surface area contributed by atoms with Gasteiger partial charge < -0.3 is 5.73 Å². The van der Waals surface area contributed by atoms with Crippen LogP contribution in [0.4, 0.5) is 0 Å². The van der Waals surface area contributed by atoms with E-state index in [0.29, 0.717) is 35.2 Å². The molecule has 1 heterocycles. The van der Waals surface area contributed by atoms with Gasteiger partial charge in [-0.15, -0.1) is 0 Å². The number of rotatable bonds is 6. The lowest BCUT2D eigenvalue weighted by Crippen LogP contribution is -2.30. The van der Waals surface area contributed by atoms with E-state index in [0.717, 1.165) is 5.56 Å². The zero-order valence-corrected chi connectivity index (χ0v) is 17.1. The van der Waals surface area contributed by atoms with Gasteiger partial charge in [-0.2, -0.15) is 0 Å². The van der Waals surface area contributed by atoms with Crippen molar-refractivity contribution in [1.29, 1.82) is 0 Å². The van der Waals surface area contributed by atoms with Gasteiger partial charge in [0.2, 0.25) is 0 Å². The predicted octanol–water partition coefficient (Wildman–Crippen LogP) is 4.09. The van der Waals surface area contributed by atoms with Gasteiger partial charge in [0, 0.05) is 23.9 Å². The molecule has 0 aromatic heterocycles. The van der Waals surface area contributed by atoms with E-state index < -0.39 is 0 Å². The molecule has 0 spiro atoms. The van der Waals surface area contributed by atoms with E-state index in [4.69, 9.17) is 5.73 Å². The van der Waals surface area contributed by atoms with Gasteiger partial charge in [-0.3, -0.25) is 19.3 Å². The molecule has 1 aliphatic heterocycles. The van der Waals surface area contributed by atoms with Crippen molar-refractivity contribution in [1.82, 2.24) is 4.90 Å². The summed E-state index contributed by atoms with van der Waals surface area (Å²) in [6.45, 7) is 6.64. The molecule has 2 aromatic carbocycles. The Labute approximate surface area is 171 Å². The maximum atomic E-state index is 12.4. The first kappa shape index (κ1) is 20.5. The number of amides is 2. The van der Waals surface area contributed by atoms with Crippen molar-refractivity contribution < 1.29 is 14.4 Å². The third kappa shape index (κ3) is 4.45. The van der Waals surface area contributed by atoms with Crippen LogP contribution in [0.2, 0.25) is 0 Å². The SMILES string of the molecule is CC(C)(C)c1ccc(C(=O)/C=C(/N)CCCN2C(=O)c3ccccc3C2=O)cc1. The number of carbonyl (C=O) groups excluding carboxylic acids is 3. The fourth-order valence-electron chi connectivity index (χ4n) is 3.34. The number of allylic oxidation sites excluding steroid dienone is 2. The van der Waals surface area contributed by atoms with Crippen LogP contribution >= 0.6 is 0 Å². The molecule has 3 rings (SSSR count). The van der Waals surface area contributed by atoms with Crippen molar-refractivity contribution in [2.24, 2.45) is 5.73 Å². The van der Waals surface area contributed by atoms with Crippen LogP contribution < -0.4 is 5.73 Å². The summed E-state index contributed by atoms with van der Waals surface area (Å²) in [7, 11) is 0. The fourth-order valence-corrected chi connectivity index (χ4v) is 3.34. The largest absolute Gasteiger partial charge is 0.402 e. The van der Waals surface area contributed by atoms with Crippen LogP contribution in [0.15, 0.2) is 60.3 Å². The number of carbonyl (C=O) groups is 3. The Bertz CT molecular complexity index is 947. The van der Waals surface area contributed by atoms with Crippen LogP contribution in [0.25, 0.3) is 0 Å². The summed E-state index contributed by atoms with van der Waals surface area (Å²) in [6.07, 6.45) is 2.36. The molecule has 5 heteroatoms. The minimum atomic E-state index is -0.275. The van der Waals surface area contributed by atoms with E-state index in [2.05, 4.69) is 20.8 Å². The van der Waals surface area contributed by atoms with E-state index in [1.165, 1.54) is 11.0 Å². The summed E-state index contributed by atoms with van der Waals surface area (Å²) < 4.78 is 0. The third-order valence-corrected chi connectivity index (χ3v) is 5.08. The molecule has 150 valence electrons. The number of benzene rings is 2. The van der Waals surface area contributed by atoms with Gasteiger partial charge in [0.25, 0.3) is 11.8 Å². The number of nitrogens with zero attached hydrogens (tertiary/aromatic N) is 1. The minimum Gasteiger partial charge on any atom is -0.402 e. The van der Waals surface area contributed by atoms with Gasteiger partial charge in [-0.1, -0.05) is 57.2 Å². The first-order valence-electron chi connectivity index (χ1n) is 9.74. The molecule has 5 nitrogen and oxygen atoms in total. The third-order valence-electron chi connectivity index (χ3n) is 5.08. The van der Waals surface area contributed by atoms with Gasteiger partial charge in [0.05, 0.1) is 11.1 Å². The molecule has 0 unspecified atom stereocenters. The highest BCUT2D eigenvalue weighted by atomic mass is 16.2. The average Bonchev–Trinajstić information content (AvgIpc) is 2.92. The van der Waals surface area contributed by atoms with Crippen LogP contribution in [0.3, 0.4) is 0 Å². The molecule has 0 bridgehead atoms. The van der Waals surface area contributed by atoms with Crippen molar-refractivity contribution in [3.8, 4) is 0 Å². The second-order valence-corrected chi connectivity index (χ2v) is 8.32. The van der Waals surface area contributed by atoms with Crippen molar-refractivity contribution in [2.75, 3.05) is 6.54 Å². The van der Waals surface area contributed by atoms with Crippen molar-refractivity contribution in [3.05, 3.63) is 82.6 Å². The quantitative estimate of drug-likeness (QED) is 0.458. The Balaban J connectivity index is 1.56. The fraction of sp³-hybridized carbons (Fsp3) is 0.292. The molecule has 0 atom stereocenters. The summed E-state index contributed by atoms with van der Waals surface area (Å²) in [5, 5.41) is 0. The van der Waals surface area contributed by atoms with E-state index in [1.807, 2.05) is 24.3 Å². The molecule has 0 radical (unpaired) electrons. The highest BCUT2D eigenvalue weighted by molar-refractivity contribution is 6.21. The molecule has 0 saturated heterocycles. The summed E-state index contributed by atoms with van der Waals surface area (Å²) in [5.74, 6) is -0.699. The normalized spacial score (nSPS) is 14.3. The predicted molar refractivity (Wildman–Crippen MR) is 113 cm³/mol. The summed E-state index contributed by atoms with van der Waals surface area (Å²) in [5.41, 5.74) is 9.09. The summed E-state index contributed by atoms with van der Waals surface area (Å²) >= 11 is 0. The van der Waals surface area contributed by atoms with E-state index in [1.54, 1.807) is 24.3 Å². The molecule has 2 aromatic rings. The summed E-state index contributed by atoms with van der Waals surface area (Å²) in [4.78, 5) is 38.4. The number of nitrogens with two attached hydrogens (primary N) is 1. The van der Waals surface area contributed by atoms with E-state index in [9.17, 15) is 14.4 Å². The Kier molecular flexibility index (Phi) is 5.69. The maximum Gasteiger partial charge on any atom is 0.261 e. The Morgan fingerprint density at radius 1 is 0.966 bits per heavy atom. The molecule has 0 aliphatic carbocycles. The zero-order valence-electron chi connectivity index (χ0n) is 17.1. The number of fused-ring (bicyclic) bond motifs is 1. The molecule has 1 aliphatic rings. The Hall–Kier alpha value is -3.21. The molecular formula is C24H26N2O3. The second-order valence-electron chi connectivity index (χ2n) is 8.32. The zero-order chi connectivity index (χ0) is 21.2. The molecule has 2 N–H and O–H groups in total. The van der Waals surface area contributed by atoms with Crippen molar-refractivity contribution in [2.45, 2.75) is 39.0 Å². The highest BCUT2D eigenvalue weighted by Gasteiger charge is 2.34. The lowest BCUT2D eigenvalue weighted by atomic mass is 9.86. The second kappa shape index (κ2) is 8.03. The van der Waals surface area contributed by atoms with Gasteiger partial charge in [0.1, 0.15) is 0 Å². The number of ketones is 1. The van der Waals surface area contributed by atoms with Gasteiger partial charge >= 0.3 is 0 Å². The maximum absolute atomic E-state index is 12.4. The highest BCUT2D eigenvalue weighted by Crippen LogP contribution is 2.24. The van der Waals surface area contributed by atoms with Gasteiger partial charge in [0.15, 0.2) is 5.78 Å². The van der Waals surface area contributed by atoms with Crippen LogP contribution in [0.1, 0.15) is 70.3 Å². The lowest BCUT2D eigenvalue weighted by Gasteiger charge is -2.18. The van der Waals surface area contributed by atoms with Gasteiger partial charge in [-0.05, 0) is 36.0 Å². The Morgan fingerprint density at radius 3 is 2.03 bits per heavy atom. The number of hydrogen-bond acceptors (Lipinski definition) is 4. The number of hydrogen-bond donors (Lipinski definition) is 1. The standard InChI is InChI=1S/C24H26N2O3/c1-24(2,3)17-12-10-16(11-13-17)21(27)15-18(25)7-6-14-26-22(28)19-8-4-5-9-20(19)23(26)29/h4-5,8-13,15H,6-7,14,25H2,1-3H3/b18-15+. The molecule has 0 saturated carbocycles. The smallest absolute Gasteiger partial charge is 0.261 e. The van der Waals surface area contributed by atoms with Crippen molar-refractivity contribution >= 4 is 17.6 Å².